The van der Waals surface area contributed by atoms with Gasteiger partial charge in [0.1, 0.15) is 18.2 Å². The van der Waals surface area contributed by atoms with Crippen LogP contribution in [-0.2, 0) is 19.0 Å². The molecule has 1 aliphatic heterocycles. The van der Waals surface area contributed by atoms with Crippen LogP contribution in [0.15, 0.2) is 23.3 Å². The average Bonchev–Trinajstić information content (AvgIpc) is 2.59. The molecule has 0 bridgehead atoms. The molecule has 150 valence electrons. The summed E-state index contributed by atoms with van der Waals surface area (Å²) >= 11 is 0. The predicted molar refractivity (Wildman–Crippen MR) is 101 cm³/mol. The Kier molecular flexibility index (Phi) is 9.03. The third-order valence-corrected chi connectivity index (χ3v) is 3.69. The van der Waals surface area contributed by atoms with Crippen LogP contribution >= 0.6 is 0 Å². The predicted octanol–water partition coefficient (Wildman–Crippen LogP) is 3.36. The van der Waals surface area contributed by atoms with E-state index in [-0.39, 0.29) is 13.2 Å². The molecule has 0 aromatic rings. The number of nitrogens with zero attached hydrogens (tertiary/aromatic N) is 2. The van der Waals surface area contributed by atoms with Crippen molar-refractivity contribution in [2.45, 2.75) is 59.1 Å². The Morgan fingerprint density at radius 3 is 2.59 bits per heavy atom. The summed E-state index contributed by atoms with van der Waals surface area (Å²) in [5, 5.41) is 9.70. The van der Waals surface area contributed by atoms with Gasteiger partial charge in [-0.25, -0.2) is 9.59 Å². The summed E-state index contributed by atoms with van der Waals surface area (Å²) in [6.07, 6.45) is 4.73. The average molecular weight is 378 g/mol. The van der Waals surface area contributed by atoms with Crippen molar-refractivity contribution in [3.8, 4) is 6.07 Å². The Balaban J connectivity index is 2.90. The van der Waals surface area contributed by atoms with Gasteiger partial charge in [0.05, 0.1) is 19.3 Å². The maximum atomic E-state index is 12.5. The first-order valence-corrected chi connectivity index (χ1v) is 9.25. The van der Waals surface area contributed by atoms with E-state index in [1.165, 1.54) is 4.90 Å². The number of esters is 1. The molecule has 0 aromatic heterocycles. The van der Waals surface area contributed by atoms with Crippen molar-refractivity contribution < 1.29 is 23.8 Å². The number of carbonyl (C=O) groups excluding carboxylic acids is 2. The molecule has 0 aromatic carbocycles. The summed E-state index contributed by atoms with van der Waals surface area (Å²) in [7, 11) is 0. The molecule has 27 heavy (non-hydrogen) atoms. The molecular formula is C20H30N2O5. The van der Waals surface area contributed by atoms with E-state index in [9.17, 15) is 14.9 Å². The van der Waals surface area contributed by atoms with Crippen molar-refractivity contribution in [1.82, 2.24) is 4.90 Å². The molecule has 0 saturated heterocycles. The minimum absolute atomic E-state index is 0.158. The third-order valence-electron chi connectivity index (χ3n) is 3.69. The van der Waals surface area contributed by atoms with Crippen LogP contribution in [0.4, 0.5) is 4.79 Å². The van der Waals surface area contributed by atoms with Gasteiger partial charge < -0.3 is 14.2 Å². The fraction of sp³-hybridized carbons (Fsp3) is 0.650. The molecule has 1 aliphatic rings. The Morgan fingerprint density at radius 1 is 1.33 bits per heavy atom. The number of carbonyl (C=O) groups is 2. The zero-order chi connectivity index (χ0) is 20.4. The van der Waals surface area contributed by atoms with E-state index < -0.39 is 23.7 Å². The van der Waals surface area contributed by atoms with Gasteiger partial charge in [-0.15, -0.1) is 0 Å². The minimum atomic E-state index is -0.752. The number of hydrogen-bond acceptors (Lipinski definition) is 6. The molecule has 0 N–H and O–H groups in total. The van der Waals surface area contributed by atoms with Crippen molar-refractivity contribution >= 4 is 12.1 Å². The van der Waals surface area contributed by atoms with E-state index in [2.05, 4.69) is 6.07 Å². The lowest BCUT2D eigenvalue weighted by molar-refractivity contribution is -0.148. The molecule has 1 heterocycles. The number of allylic oxidation sites excluding steroid dienone is 1. The van der Waals surface area contributed by atoms with Crippen LogP contribution in [0.3, 0.4) is 0 Å². The molecule has 1 amide bonds. The number of amides is 1. The summed E-state index contributed by atoms with van der Waals surface area (Å²) in [5.41, 5.74) is 0.880. The Morgan fingerprint density at radius 2 is 2.04 bits per heavy atom. The van der Waals surface area contributed by atoms with Crippen molar-refractivity contribution in [2.24, 2.45) is 0 Å². The van der Waals surface area contributed by atoms with Gasteiger partial charge in [0.25, 0.3) is 0 Å². The summed E-state index contributed by atoms with van der Waals surface area (Å²) in [6.45, 7) is 9.80. The molecule has 0 aliphatic carbocycles. The van der Waals surface area contributed by atoms with Crippen molar-refractivity contribution in [1.29, 1.82) is 5.26 Å². The third kappa shape index (κ3) is 7.43. The van der Waals surface area contributed by atoms with Gasteiger partial charge in [0.2, 0.25) is 0 Å². The van der Waals surface area contributed by atoms with E-state index in [0.717, 1.165) is 17.6 Å². The van der Waals surface area contributed by atoms with Crippen molar-refractivity contribution in [3.63, 3.8) is 0 Å². The van der Waals surface area contributed by atoms with Crippen LogP contribution in [0.2, 0.25) is 0 Å². The molecule has 1 unspecified atom stereocenters. The molecule has 0 fully saturated rings. The molecule has 0 saturated carbocycles. The fourth-order valence-corrected chi connectivity index (χ4v) is 2.68. The van der Waals surface area contributed by atoms with Crippen LogP contribution in [0.25, 0.3) is 0 Å². The largest absolute Gasteiger partial charge is 0.464 e. The van der Waals surface area contributed by atoms with E-state index in [1.807, 2.05) is 19.1 Å². The second-order valence-corrected chi connectivity index (χ2v) is 7.09. The van der Waals surface area contributed by atoms with Gasteiger partial charge in [-0.05, 0) is 51.7 Å². The standard InChI is InChI=1S/C20H30N2O5/c1-6-9-15(13-25-14-18(23)26-7-2)16-10-8-11-22(17(16)12-21)19(24)27-20(3,4)5/h9-10,17H,6-8,11,13-14H2,1-5H3. The zero-order valence-electron chi connectivity index (χ0n) is 16.9. The van der Waals surface area contributed by atoms with E-state index in [1.54, 1.807) is 27.7 Å². The van der Waals surface area contributed by atoms with Gasteiger partial charge in [0, 0.05) is 6.54 Å². The topological polar surface area (TPSA) is 88.9 Å². The minimum Gasteiger partial charge on any atom is -0.464 e. The van der Waals surface area contributed by atoms with Crippen molar-refractivity contribution in [2.75, 3.05) is 26.4 Å². The molecular weight excluding hydrogens is 348 g/mol. The molecule has 7 nitrogen and oxygen atoms in total. The quantitative estimate of drug-likeness (QED) is 0.631. The van der Waals surface area contributed by atoms with E-state index >= 15 is 0 Å². The molecule has 7 heteroatoms. The SMILES string of the molecule is CCC=C(COCC(=O)OCC)C1=CCCN(C(=O)OC(C)(C)C)C1C#N. The number of ether oxygens (including phenoxy) is 3. The maximum Gasteiger partial charge on any atom is 0.411 e. The van der Waals surface area contributed by atoms with Gasteiger partial charge in [-0.2, -0.15) is 5.26 Å². The maximum absolute atomic E-state index is 12.5. The lowest BCUT2D eigenvalue weighted by Gasteiger charge is -2.34. The van der Waals surface area contributed by atoms with Crippen LogP contribution in [-0.4, -0.2) is 55.0 Å². The van der Waals surface area contributed by atoms with Crippen LogP contribution in [0, 0.1) is 11.3 Å². The fourth-order valence-electron chi connectivity index (χ4n) is 2.68. The number of hydrogen-bond donors (Lipinski definition) is 0. The first-order valence-electron chi connectivity index (χ1n) is 9.25. The highest BCUT2D eigenvalue weighted by molar-refractivity contribution is 5.71. The van der Waals surface area contributed by atoms with Gasteiger partial charge >= 0.3 is 12.1 Å². The molecule has 1 atom stereocenters. The van der Waals surface area contributed by atoms with Crippen molar-refractivity contribution in [3.05, 3.63) is 23.3 Å². The smallest absolute Gasteiger partial charge is 0.411 e. The first-order chi connectivity index (χ1) is 12.7. The zero-order valence-corrected chi connectivity index (χ0v) is 16.9. The Bertz CT molecular complexity index is 625. The lowest BCUT2D eigenvalue weighted by atomic mass is 9.93. The molecule has 0 spiro atoms. The monoisotopic (exact) mass is 378 g/mol. The summed E-state index contributed by atoms with van der Waals surface area (Å²) in [6, 6.07) is 1.45. The second-order valence-electron chi connectivity index (χ2n) is 7.09. The van der Waals surface area contributed by atoms with Crippen LogP contribution < -0.4 is 0 Å². The summed E-state index contributed by atoms with van der Waals surface area (Å²) < 4.78 is 15.7. The lowest BCUT2D eigenvalue weighted by Crippen LogP contribution is -2.46. The first kappa shape index (κ1) is 22.7. The van der Waals surface area contributed by atoms with Gasteiger partial charge in [0.15, 0.2) is 0 Å². The van der Waals surface area contributed by atoms with E-state index in [4.69, 9.17) is 14.2 Å². The molecule has 1 rings (SSSR count). The van der Waals surface area contributed by atoms with Crippen LogP contribution in [0.5, 0.6) is 0 Å². The number of rotatable bonds is 7. The highest BCUT2D eigenvalue weighted by Gasteiger charge is 2.33. The summed E-state index contributed by atoms with van der Waals surface area (Å²) in [5.74, 6) is -0.432. The highest BCUT2D eigenvalue weighted by Crippen LogP contribution is 2.26. The number of nitriles is 1. The summed E-state index contributed by atoms with van der Waals surface area (Å²) in [4.78, 5) is 25.4. The van der Waals surface area contributed by atoms with Crippen LogP contribution in [0.1, 0.15) is 47.5 Å². The molecule has 0 radical (unpaired) electrons. The van der Waals surface area contributed by atoms with Gasteiger partial charge in [-0.3, -0.25) is 4.90 Å². The van der Waals surface area contributed by atoms with E-state index in [0.29, 0.717) is 19.6 Å². The van der Waals surface area contributed by atoms with Gasteiger partial charge in [-0.1, -0.05) is 19.1 Å². The highest BCUT2D eigenvalue weighted by atomic mass is 16.6. The Labute approximate surface area is 161 Å². The second kappa shape index (κ2) is 10.7. The normalized spacial score (nSPS) is 17.8. The Hall–Kier alpha value is -2.33.